The Kier molecular flexibility index (Phi) is 6.32. The van der Waals surface area contributed by atoms with Gasteiger partial charge in [-0.25, -0.2) is 4.79 Å². The monoisotopic (exact) mass is 322 g/mol. The Labute approximate surface area is 126 Å². The molecule has 1 amide bonds. The number of carboxylic acids is 1. The number of carbonyl (C=O) groups excluding carboxylic acids is 1. The molecule has 0 saturated heterocycles. The lowest BCUT2D eigenvalue weighted by Gasteiger charge is -2.14. The minimum atomic E-state index is -1.10. The molecule has 8 heteroatoms. The Hall–Kier alpha value is -1.24. The zero-order valence-electron chi connectivity index (χ0n) is 11.2. The zero-order valence-corrected chi connectivity index (χ0v) is 12.7. The van der Waals surface area contributed by atoms with Crippen LogP contribution in [0.4, 0.5) is 0 Å². The summed E-state index contributed by atoms with van der Waals surface area (Å²) in [6, 6.07) is 0.415. The van der Waals surface area contributed by atoms with Crippen LogP contribution in [0.2, 0.25) is 10.2 Å². The molecule has 0 aromatic carbocycles. The van der Waals surface area contributed by atoms with Crippen LogP contribution in [0.1, 0.15) is 23.3 Å². The van der Waals surface area contributed by atoms with Crippen molar-refractivity contribution in [3.05, 3.63) is 21.9 Å². The lowest BCUT2D eigenvalue weighted by molar-refractivity contribution is -0.139. The van der Waals surface area contributed by atoms with E-state index in [-0.39, 0.29) is 22.3 Å². The van der Waals surface area contributed by atoms with Crippen LogP contribution in [0.15, 0.2) is 6.07 Å². The van der Waals surface area contributed by atoms with E-state index in [1.54, 1.807) is 7.05 Å². The molecule has 20 heavy (non-hydrogen) atoms. The van der Waals surface area contributed by atoms with Gasteiger partial charge in [0.15, 0.2) is 0 Å². The Balaban J connectivity index is 2.75. The number of halogens is 2. The lowest BCUT2D eigenvalue weighted by Crippen LogP contribution is -2.41. The molecule has 112 valence electrons. The summed E-state index contributed by atoms with van der Waals surface area (Å²) in [4.78, 5) is 23.1. The molecule has 0 radical (unpaired) electrons. The maximum atomic E-state index is 12.0. The third kappa shape index (κ3) is 4.13. The van der Waals surface area contributed by atoms with Crippen LogP contribution < -0.4 is 5.32 Å². The van der Waals surface area contributed by atoms with Gasteiger partial charge in [-0.3, -0.25) is 4.79 Å². The van der Waals surface area contributed by atoms with E-state index in [4.69, 9.17) is 33.0 Å². The van der Waals surface area contributed by atoms with Gasteiger partial charge in [-0.05, 0) is 18.9 Å². The second-order valence-electron chi connectivity index (χ2n) is 4.23. The van der Waals surface area contributed by atoms with Gasteiger partial charge in [0.1, 0.15) is 16.9 Å². The maximum absolute atomic E-state index is 12.0. The summed E-state index contributed by atoms with van der Waals surface area (Å²) in [7, 11) is 3.10. The molecule has 1 atom stereocenters. The summed E-state index contributed by atoms with van der Waals surface area (Å²) in [5, 5.41) is 12.0. The number of methoxy groups -OCH3 is 1. The van der Waals surface area contributed by atoms with Gasteiger partial charge in [0.25, 0.3) is 5.91 Å². The average molecular weight is 323 g/mol. The van der Waals surface area contributed by atoms with Crippen molar-refractivity contribution < 1.29 is 19.4 Å². The summed E-state index contributed by atoms with van der Waals surface area (Å²) < 4.78 is 6.25. The van der Waals surface area contributed by atoms with E-state index in [0.29, 0.717) is 13.0 Å². The quantitative estimate of drug-likeness (QED) is 0.752. The fourth-order valence-electron chi connectivity index (χ4n) is 1.68. The number of nitrogens with zero attached hydrogens (tertiary/aromatic N) is 1. The molecule has 0 spiro atoms. The van der Waals surface area contributed by atoms with E-state index < -0.39 is 17.9 Å². The number of rotatable bonds is 7. The molecule has 0 bridgehead atoms. The normalized spacial score (nSPS) is 12.2. The van der Waals surface area contributed by atoms with E-state index in [1.165, 1.54) is 17.7 Å². The van der Waals surface area contributed by atoms with Crippen LogP contribution in [0.25, 0.3) is 0 Å². The number of aromatic nitrogens is 1. The summed E-state index contributed by atoms with van der Waals surface area (Å²) in [5.41, 5.74) is 0.206. The summed E-state index contributed by atoms with van der Waals surface area (Å²) >= 11 is 11.7. The van der Waals surface area contributed by atoms with Crippen molar-refractivity contribution in [1.82, 2.24) is 9.88 Å². The predicted molar refractivity (Wildman–Crippen MR) is 75.4 cm³/mol. The van der Waals surface area contributed by atoms with Crippen LogP contribution in [0, 0.1) is 0 Å². The fraction of sp³-hybridized carbons (Fsp3) is 0.500. The molecule has 0 aliphatic carbocycles. The van der Waals surface area contributed by atoms with E-state index >= 15 is 0 Å². The second-order valence-corrected chi connectivity index (χ2v) is 4.99. The third-order valence-corrected chi connectivity index (χ3v) is 3.64. The van der Waals surface area contributed by atoms with Crippen LogP contribution >= 0.6 is 23.2 Å². The molecule has 0 fully saturated rings. The van der Waals surface area contributed by atoms with Gasteiger partial charge in [-0.2, -0.15) is 0 Å². The minimum Gasteiger partial charge on any atom is -0.480 e. The molecule has 0 aliphatic rings. The Bertz CT molecular complexity index is 502. The molecule has 2 N–H and O–H groups in total. The lowest BCUT2D eigenvalue weighted by atomic mass is 10.1. The first-order valence-electron chi connectivity index (χ1n) is 5.91. The molecule has 1 aromatic rings. The van der Waals surface area contributed by atoms with Crippen LogP contribution in [-0.2, 0) is 16.6 Å². The number of carboxylic acid groups (broad SMARTS) is 1. The smallest absolute Gasteiger partial charge is 0.326 e. The van der Waals surface area contributed by atoms with Crippen molar-refractivity contribution in [3.63, 3.8) is 0 Å². The first kappa shape index (κ1) is 16.8. The number of carbonyl (C=O) groups is 2. The highest BCUT2D eigenvalue weighted by Gasteiger charge is 2.23. The number of ether oxygens (including phenoxy) is 1. The van der Waals surface area contributed by atoms with Gasteiger partial charge >= 0.3 is 5.97 Å². The molecular formula is C12H16Cl2N2O4. The Morgan fingerprint density at radius 2 is 2.15 bits per heavy atom. The standard InChI is InChI=1S/C12H16Cl2N2O4/c1-16-9(6-7(13)10(16)14)11(17)15-8(12(18)19)4-3-5-20-2/h6,8H,3-5H2,1-2H3,(H,15,17)(H,18,19). The van der Waals surface area contributed by atoms with Crippen molar-refractivity contribution >= 4 is 35.1 Å². The first-order valence-corrected chi connectivity index (χ1v) is 6.67. The van der Waals surface area contributed by atoms with Crippen molar-refractivity contribution in [3.8, 4) is 0 Å². The molecule has 0 saturated carbocycles. The fourth-order valence-corrected chi connectivity index (χ4v) is 2.06. The highest BCUT2D eigenvalue weighted by Crippen LogP contribution is 2.25. The minimum absolute atomic E-state index is 0.206. The highest BCUT2D eigenvalue weighted by atomic mass is 35.5. The third-order valence-electron chi connectivity index (χ3n) is 2.79. The number of hydrogen-bond acceptors (Lipinski definition) is 3. The van der Waals surface area contributed by atoms with Crippen LogP contribution in [0.3, 0.4) is 0 Å². The molecule has 1 heterocycles. The van der Waals surface area contributed by atoms with E-state index in [9.17, 15) is 9.59 Å². The molecule has 1 rings (SSSR count). The Morgan fingerprint density at radius 3 is 2.60 bits per heavy atom. The number of hydrogen-bond donors (Lipinski definition) is 2. The molecule has 1 unspecified atom stereocenters. The van der Waals surface area contributed by atoms with Crippen molar-refractivity contribution in [1.29, 1.82) is 0 Å². The van der Waals surface area contributed by atoms with Crippen LogP contribution in [0.5, 0.6) is 0 Å². The van der Waals surface area contributed by atoms with Gasteiger partial charge < -0.3 is 19.7 Å². The maximum Gasteiger partial charge on any atom is 0.326 e. The van der Waals surface area contributed by atoms with Gasteiger partial charge in [0, 0.05) is 20.8 Å². The average Bonchev–Trinajstić information content (AvgIpc) is 2.65. The summed E-state index contributed by atoms with van der Waals surface area (Å²) in [5.74, 6) is -1.63. The number of aliphatic carboxylic acids is 1. The molecule has 0 aliphatic heterocycles. The van der Waals surface area contributed by atoms with E-state index in [2.05, 4.69) is 5.32 Å². The van der Waals surface area contributed by atoms with Crippen molar-refractivity contribution in [2.45, 2.75) is 18.9 Å². The predicted octanol–water partition coefficient (Wildman–Crippen LogP) is 1.94. The van der Waals surface area contributed by atoms with Gasteiger partial charge in [-0.1, -0.05) is 23.2 Å². The number of amides is 1. The van der Waals surface area contributed by atoms with Crippen LogP contribution in [-0.4, -0.2) is 41.3 Å². The van der Waals surface area contributed by atoms with Gasteiger partial charge in [-0.15, -0.1) is 0 Å². The topological polar surface area (TPSA) is 80.6 Å². The largest absolute Gasteiger partial charge is 0.480 e. The summed E-state index contributed by atoms with van der Waals surface area (Å²) in [6.07, 6.45) is 0.809. The molecular weight excluding hydrogens is 307 g/mol. The van der Waals surface area contributed by atoms with Crippen molar-refractivity contribution in [2.75, 3.05) is 13.7 Å². The SMILES string of the molecule is COCCCC(NC(=O)c1cc(Cl)c(Cl)n1C)C(=O)O. The number of nitrogens with one attached hydrogen (secondary N) is 1. The first-order chi connectivity index (χ1) is 9.38. The molecule has 1 aromatic heterocycles. The summed E-state index contributed by atoms with van der Waals surface area (Å²) in [6.45, 7) is 0.432. The van der Waals surface area contributed by atoms with E-state index in [0.717, 1.165) is 0 Å². The highest BCUT2D eigenvalue weighted by molar-refractivity contribution is 6.41. The van der Waals surface area contributed by atoms with Gasteiger partial charge in [0.2, 0.25) is 0 Å². The van der Waals surface area contributed by atoms with Crippen molar-refractivity contribution in [2.24, 2.45) is 7.05 Å². The molecule has 6 nitrogen and oxygen atoms in total. The zero-order chi connectivity index (χ0) is 15.3. The second kappa shape index (κ2) is 7.52. The van der Waals surface area contributed by atoms with Gasteiger partial charge in [0.05, 0.1) is 5.02 Å². The van der Waals surface area contributed by atoms with E-state index in [1.807, 2.05) is 0 Å². The Morgan fingerprint density at radius 1 is 1.50 bits per heavy atom.